The zero-order valence-electron chi connectivity index (χ0n) is 27.6. The first-order valence-electron chi connectivity index (χ1n) is 15.9. The van der Waals surface area contributed by atoms with E-state index in [0.717, 1.165) is 38.6 Å². The molecule has 252 valence electrons. The fourth-order valence-corrected chi connectivity index (χ4v) is 7.08. The number of hydrogen-bond donors (Lipinski definition) is 3. The number of aliphatic imine (C=N–C) groups is 1. The Hall–Kier alpha value is -4.96. The number of rotatable bonds is 10. The number of furan rings is 1. The van der Waals surface area contributed by atoms with E-state index in [0.29, 0.717) is 53.7 Å². The van der Waals surface area contributed by atoms with Gasteiger partial charge in [-0.1, -0.05) is 35.6 Å². The molecule has 0 fully saturated rings. The van der Waals surface area contributed by atoms with Crippen molar-refractivity contribution in [1.29, 1.82) is 0 Å². The van der Waals surface area contributed by atoms with Gasteiger partial charge in [-0.15, -0.1) is 21.5 Å². The quantitative estimate of drug-likeness (QED) is 0.127. The first-order chi connectivity index (χ1) is 23.7. The number of benzene rings is 2. The van der Waals surface area contributed by atoms with E-state index in [1.807, 2.05) is 41.8 Å². The number of aryl methyl sites for hydroxylation is 2. The Morgan fingerprint density at radius 3 is 2.57 bits per heavy atom. The normalized spacial score (nSPS) is 13.5. The van der Waals surface area contributed by atoms with Crippen molar-refractivity contribution in [3.05, 3.63) is 92.0 Å². The van der Waals surface area contributed by atoms with Crippen LogP contribution in [0.4, 0.5) is 0 Å². The molecule has 3 aromatic heterocycles. The number of methoxy groups -OCH3 is 1. The molecule has 0 unspecified atom stereocenters. The summed E-state index contributed by atoms with van der Waals surface area (Å²) in [6.45, 7) is 7.19. The maximum atomic E-state index is 13.2. The van der Waals surface area contributed by atoms with Gasteiger partial charge in [0.1, 0.15) is 28.2 Å². The van der Waals surface area contributed by atoms with Gasteiger partial charge < -0.3 is 25.5 Å². The molecule has 2 amide bonds. The van der Waals surface area contributed by atoms with E-state index in [1.54, 1.807) is 30.6 Å². The average Bonchev–Trinajstić information content (AvgIpc) is 3.75. The van der Waals surface area contributed by atoms with E-state index in [9.17, 15) is 9.59 Å². The number of thiophene rings is 1. The summed E-state index contributed by atoms with van der Waals surface area (Å²) in [5.74, 6) is 7.42. The molecule has 0 spiro atoms. The fourth-order valence-electron chi connectivity index (χ4n) is 5.74. The van der Waals surface area contributed by atoms with Crippen molar-refractivity contribution in [3.63, 3.8) is 0 Å². The predicted octanol–water partition coefficient (Wildman–Crippen LogP) is 5.58. The molecule has 11 nitrogen and oxygen atoms in total. The molecule has 0 aliphatic carbocycles. The molecule has 1 atom stereocenters. The number of carbonyl (C=O) groups is 2. The molecule has 1 aliphatic rings. The Morgan fingerprint density at radius 2 is 1.84 bits per heavy atom. The first kappa shape index (κ1) is 33.9. The van der Waals surface area contributed by atoms with Crippen LogP contribution in [0.3, 0.4) is 0 Å². The molecule has 4 N–H and O–H groups in total. The van der Waals surface area contributed by atoms with Crippen molar-refractivity contribution >= 4 is 51.4 Å². The third-order valence-electron chi connectivity index (χ3n) is 8.33. The number of nitrogens with zero attached hydrogens (tertiary/aromatic N) is 4. The van der Waals surface area contributed by atoms with E-state index in [2.05, 4.69) is 46.5 Å². The number of unbranched alkanes of at least 4 members (excludes halogenated alkanes) is 1. The number of ether oxygens (including phenoxy) is 1. The highest BCUT2D eigenvalue weighted by molar-refractivity contribution is 7.15. The predicted molar refractivity (Wildman–Crippen MR) is 191 cm³/mol. The lowest BCUT2D eigenvalue weighted by molar-refractivity contribution is -0.121. The summed E-state index contributed by atoms with van der Waals surface area (Å²) < 4.78 is 13.2. The van der Waals surface area contributed by atoms with Crippen LogP contribution in [0.2, 0.25) is 5.02 Å². The zero-order valence-corrected chi connectivity index (χ0v) is 29.2. The zero-order chi connectivity index (χ0) is 34.7. The second-order valence-corrected chi connectivity index (χ2v) is 13.3. The molecule has 49 heavy (non-hydrogen) atoms. The molecular weight excluding hydrogens is 662 g/mol. The molecule has 0 radical (unpaired) electrons. The van der Waals surface area contributed by atoms with Crippen LogP contribution >= 0.6 is 22.9 Å². The van der Waals surface area contributed by atoms with Gasteiger partial charge in [0.15, 0.2) is 11.6 Å². The van der Waals surface area contributed by atoms with E-state index < -0.39 is 6.04 Å². The molecule has 0 bridgehead atoms. The van der Waals surface area contributed by atoms with Crippen LogP contribution in [0.5, 0.6) is 5.75 Å². The molecular formula is C36H36ClN7O4S. The number of halogens is 1. The highest BCUT2D eigenvalue weighted by atomic mass is 35.5. The lowest BCUT2D eigenvalue weighted by atomic mass is 9.99. The molecule has 6 rings (SSSR count). The molecule has 0 saturated carbocycles. The summed E-state index contributed by atoms with van der Waals surface area (Å²) in [5, 5.41) is 17.1. The molecule has 0 saturated heterocycles. The van der Waals surface area contributed by atoms with Crippen LogP contribution in [0.25, 0.3) is 16.0 Å². The molecule has 4 heterocycles. The maximum absolute atomic E-state index is 13.2. The van der Waals surface area contributed by atoms with Crippen LogP contribution in [0, 0.1) is 32.6 Å². The minimum Gasteiger partial charge on any atom is -0.495 e. The van der Waals surface area contributed by atoms with E-state index in [1.165, 1.54) is 4.88 Å². The summed E-state index contributed by atoms with van der Waals surface area (Å²) >= 11 is 7.88. The summed E-state index contributed by atoms with van der Waals surface area (Å²) in [7, 11) is 1.55. The highest BCUT2D eigenvalue weighted by Crippen LogP contribution is 2.39. The number of hydrogen-bond acceptors (Lipinski definition) is 9. The monoisotopic (exact) mass is 697 g/mol. The Labute approximate surface area is 292 Å². The average molecular weight is 698 g/mol. The number of fused-ring (bicyclic) bond motifs is 4. The van der Waals surface area contributed by atoms with Gasteiger partial charge in [-0.3, -0.25) is 19.1 Å². The largest absolute Gasteiger partial charge is 0.495 e. The second kappa shape index (κ2) is 14.7. The van der Waals surface area contributed by atoms with Crippen molar-refractivity contribution in [1.82, 2.24) is 25.4 Å². The van der Waals surface area contributed by atoms with E-state index in [-0.39, 0.29) is 30.5 Å². The number of nitrogens with one attached hydrogen (secondary N) is 2. The molecule has 1 aliphatic heterocycles. The van der Waals surface area contributed by atoms with Gasteiger partial charge in [0.25, 0.3) is 5.91 Å². The van der Waals surface area contributed by atoms with Crippen LogP contribution < -0.4 is 21.1 Å². The molecule has 2 aromatic carbocycles. The number of aromatic nitrogens is 3. The van der Waals surface area contributed by atoms with Gasteiger partial charge in [0.2, 0.25) is 5.91 Å². The minimum atomic E-state index is -0.543. The summed E-state index contributed by atoms with van der Waals surface area (Å²) in [5.41, 5.74) is 10.6. The lowest BCUT2D eigenvalue weighted by Gasteiger charge is -2.13. The van der Waals surface area contributed by atoms with Crippen LogP contribution in [-0.4, -0.2) is 59.0 Å². The van der Waals surface area contributed by atoms with Gasteiger partial charge in [-0.2, -0.15) is 0 Å². The maximum Gasteiger partial charge on any atom is 0.287 e. The van der Waals surface area contributed by atoms with Gasteiger partial charge in [-0.05, 0) is 63.4 Å². The van der Waals surface area contributed by atoms with Crippen molar-refractivity contribution in [2.24, 2.45) is 10.7 Å². The van der Waals surface area contributed by atoms with Gasteiger partial charge in [0.05, 0.1) is 31.4 Å². The van der Waals surface area contributed by atoms with Crippen molar-refractivity contribution in [2.75, 3.05) is 26.7 Å². The number of amides is 2. The fraction of sp³-hybridized carbons (Fsp3) is 0.306. The smallest absolute Gasteiger partial charge is 0.287 e. The number of carbonyl (C=O) groups excluding carboxylic acids is 2. The highest BCUT2D eigenvalue weighted by Gasteiger charge is 2.32. The van der Waals surface area contributed by atoms with Gasteiger partial charge in [0, 0.05) is 45.6 Å². The summed E-state index contributed by atoms with van der Waals surface area (Å²) in [6.07, 6.45) is 1.43. The SMILES string of the molecule is COc1cc2oc(C(=O)NCCCCNC(=O)C[C@@H]3N=C(c4ccc(Cl)cc4)c4c(sc(C)c4C)-n4c(C)nnc43)cc2cc1C#CCN. The summed E-state index contributed by atoms with van der Waals surface area (Å²) in [6, 6.07) is 12.2. The van der Waals surface area contributed by atoms with Gasteiger partial charge >= 0.3 is 0 Å². The second-order valence-electron chi connectivity index (χ2n) is 11.6. The minimum absolute atomic E-state index is 0.106. The van der Waals surface area contributed by atoms with Crippen LogP contribution in [0.1, 0.15) is 74.6 Å². The number of nitrogens with two attached hydrogens (primary N) is 1. The first-order valence-corrected chi connectivity index (χ1v) is 17.1. The van der Waals surface area contributed by atoms with Crippen molar-refractivity contribution in [2.45, 2.75) is 46.1 Å². The van der Waals surface area contributed by atoms with Crippen LogP contribution in [0.15, 0.2) is 51.9 Å². The van der Waals surface area contributed by atoms with Crippen molar-refractivity contribution in [3.8, 4) is 22.6 Å². The van der Waals surface area contributed by atoms with Crippen LogP contribution in [-0.2, 0) is 4.79 Å². The third kappa shape index (κ3) is 7.10. The third-order valence-corrected chi connectivity index (χ3v) is 9.78. The summed E-state index contributed by atoms with van der Waals surface area (Å²) in [4.78, 5) is 32.4. The van der Waals surface area contributed by atoms with E-state index >= 15 is 0 Å². The van der Waals surface area contributed by atoms with Gasteiger partial charge in [-0.25, -0.2) is 0 Å². The lowest BCUT2D eigenvalue weighted by Crippen LogP contribution is -2.28. The topological polar surface area (TPSA) is 150 Å². The molecule has 13 heteroatoms. The molecule has 5 aromatic rings. The Morgan fingerprint density at radius 1 is 1.08 bits per heavy atom. The Bertz CT molecular complexity index is 2140. The van der Waals surface area contributed by atoms with Crippen molar-refractivity contribution < 1.29 is 18.7 Å². The van der Waals surface area contributed by atoms with E-state index in [4.69, 9.17) is 31.5 Å². The Balaban J connectivity index is 1.07. The standard InChI is InChI=1S/C36H36ClN7O4S/c1-20-21(2)49-36-32(20)33(23-9-11-26(37)12-10-23)41-27(34-43-42-22(3)44(34)36)18-31(45)39-14-5-6-15-40-35(46)30-17-25-16-24(8-7-13-38)28(47-4)19-29(25)48-30/h9-12,16-17,19,27H,5-6,13-15,18,38H2,1-4H3,(H,39,45)(H,40,46)/t27-/m0/s1. The Kier molecular flexibility index (Phi) is 10.1.